The van der Waals surface area contributed by atoms with Crippen LogP contribution in [0.4, 0.5) is 5.69 Å². The summed E-state index contributed by atoms with van der Waals surface area (Å²) in [5.74, 6) is -2.18. The quantitative estimate of drug-likeness (QED) is 0.321. The Hall–Kier alpha value is -3.20. The van der Waals surface area contributed by atoms with E-state index in [9.17, 15) is 24.5 Å². The van der Waals surface area contributed by atoms with Crippen molar-refractivity contribution >= 4 is 35.0 Å². The molecule has 0 amide bonds. The number of ketones is 1. The number of esters is 2. The van der Waals surface area contributed by atoms with Crippen molar-refractivity contribution in [2.24, 2.45) is 0 Å². The lowest BCUT2D eigenvalue weighted by atomic mass is 10.1. The minimum Gasteiger partial charge on any atom is -0.462 e. The molecule has 1 aromatic heterocycles. The number of hydrogen-bond donors (Lipinski definition) is 1. The Labute approximate surface area is 164 Å². The Balaban J connectivity index is 2.18. The molecule has 28 heavy (non-hydrogen) atoms. The third-order valence-electron chi connectivity index (χ3n) is 3.85. The molecule has 1 heterocycles. The van der Waals surface area contributed by atoms with Crippen LogP contribution in [-0.2, 0) is 9.47 Å². The molecule has 1 aromatic carbocycles. The molecule has 0 saturated heterocycles. The molecule has 0 saturated carbocycles. The number of aromatic nitrogens is 1. The van der Waals surface area contributed by atoms with Crippen LogP contribution in [0.25, 0.3) is 0 Å². The molecule has 0 unspecified atom stereocenters. The number of ether oxygens (including phenoxy) is 2. The second-order valence-corrected chi connectivity index (χ2v) is 6.17. The van der Waals surface area contributed by atoms with Gasteiger partial charge in [0.25, 0.3) is 5.69 Å². The van der Waals surface area contributed by atoms with Crippen molar-refractivity contribution in [3.63, 3.8) is 0 Å². The van der Waals surface area contributed by atoms with E-state index in [1.165, 1.54) is 0 Å². The van der Waals surface area contributed by atoms with E-state index in [0.717, 1.165) is 18.2 Å². The number of aryl methyl sites for hydroxylation is 2. The highest BCUT2D eigenvalue weighted by molar-refractivity contribution is 6.33. The molecule has 0 aliphatic carbocycles. The van der Waals surface area contributed by atoms with Crippen LogP contribution in [0.1, 0.15) is 49.4 Å². The van der Waals surface area contributed by atoms with Crippen molar-refractivity contribution in [1.29, 1.82) is 0 Å². The summed E-state index contributed by atoms with van der Waals surface area (Å²) in [5.41, 5.74) is 0.675. The summed E-state index contributed by atoms with van der Waals surface area (Å²) in [6.45, 7) is 4.38. The molecular formula is C18H17ClN2O7. The second-order valence-electron chi connectivity index (χ2n) is 5.77. The van der Waals surface area contributed by atoms with E-state index in [0.29, 0.717) is 11.4 Å². The van der Waals surface area contributed by atoms with Gasteiger partial charge < -0.3 is 14.5 Å². The number of carbonyl (C=O) groups is 3. The molecule has 148 valence electrons. The van der Waals surface area contributed by atoms with E-state index in [1.54, 1.807) is 20.8 Å². The smallest absolute Gasteiger partial charge is 0.340 e. The zero-order valence-electron chi connectivity index (χ0n) is 15.3. The minimum atomic E-state index is -0.921. The van der Waals surface area contributed by atoms with E-state index in [4.69, 9.17) is 21.1 Å². The van der Waals surface area contributed by atoms with Crippen molar-refractivity contribution in [3.8, 4) is 0 Å². The number of non-ortho nitro benzene ring substituents is 1. The predicted molar refractivity (Wildman–Crippen MR) is 98.9 cm³/mol. The summed E-state index contributed by atoms with van der Waals surface area (Å²) in [5, 5.41) is 10.5. The van der Waals surface area contributed by atoms with Crippen molar-refractivity contribution in [1.82, 2.24) is 4.98 Å². The predicted octanol–water partition coefficient (Wildman–Crippen LogP) is 3.41. The van der Waals surface area contributed by atoms with Gasteiger partial charge in [-0.25, -0.2) is 9.59 Å². The number of nitrogens with one attached hydrogen (secondary N) is 1. The van der Waals surface area contributed by atoms with Gasteiger partial charge in [-0.2, -0.15) is 0 Å². The molecule has 0 bridgehead atoms. The number of nitrogens with zero attached hydrogens (tertiary/aromatic N) is 1. The zero-order chi connectivity index (χ0) is 21.0. The Morgan fingerprint density at radius 2 is 1.75 bits per heavy atom. The van der Waals surface area contributed by atoms with Gasteiger partial charge in [-0.15, -0.1) is 0 Å². The topological polar surface area (TPSA) is 129 Å². The van der Waals surface area contributed by atoms with Gasteiger partial charge in [0.05, 0.1) is 33.2 Å². The molecule has 0 aliphatic heterocycles. The van der Waals surface area contributed by atoms with Crippen LogP contribution in [0.15, 0.2) is 18.2 Å². The van der Waals surface area contributed by atoms with Crippen LogP contribution in [0.3, 0.4) is 0 Å². The van der Waals surface area contributed by atoms with Crippen molar-refractivity contribution in [2.75, 3.05) is 13.2 Å². The van der Waals surface area contributed by atoms with Gasteiger partial charge in [-0.3, -0.25) is 14.9 Å². The number of nitro benzene ring substituents is 1. The molecule has 1 N–H and O–H groups in total. The molecule has 2 rings (SSSR count). The highest BCUT2D eigenvalue weighted by Gasteiger charge is 2.26. The van der Waals surface area contributed by atoms with Gasteiger partial charge in [-0.1, -0.05) is 11.6 Å². The number of halogens is 1. The highest BCUT2D eigenvalue weighted by Crippen LogP contribution is 2.24. The first kappa shape index (κ1) is 21.1. The van der Waals surface area contributed by atoms with Crippen LogP contribution in [0.5, 0.6) is 0 Å². The molecular weight excluding hydrogens is 392 g/mol. The summed E-state index contributed by atoms with van der Waals surface area (Å²) in [4.78, 5) is 49.8. The fourth-order valence-electron chi connectivity index (χ4n) is 2.65. The monoisotopic (exact) mass is 408 g/mol. The van der Waals surface area contributed by atoms with Gasteiger partial charge >= 0.3 is 11.9 Å². The Kier molecular flexibility index (Phi) is 6.53. The third-order valence-corrected chi connectivity index (χ3v) is 4.16. The van der Waals surface area contributed by atoms with Crippen LogP contribution >= 0.6 is 11.6 Å². The Morgan fingerprint density at radius 1 is 1.11 bits per heavy atom. The lowest BCUT2D eigenvalue weighted by Crippen LogP contribution is -2.18. The molecule has 10 heteroatoms. The number of nitro groups is 1. The summed E-state index contributed by atoms with van der Waals surface area (Å²) >= 11 is 5.87. The summed E-state index contributed by atoms with van der Waals surface area (Å²) in [6.07, 6.45) is 0. The first-order valence-corrected chi connectivity index (χ1v) is 8.55. The van der Waals surface area contributed by atoms with E-state index in [1.807, 2.05) is 0 Å². The molecule has 0 radical (unpaired) electrons. The molecule has 0 atom stereocenters. The first-order chi connectivity index (χ1) is 13.2. The molecule has 0 aliphatic rings. The van der Waals surface area contributed by atoms with Crippen LogP contribution in [0.2, 0.25) is 5.02 Å². The molecule has 2 aromatic rings. The average Bonchev–Trinajstić information content (AvgIpc) is 2.93. The maximum Gasteiger partial charge on any atom is 0.340 e. The number of rotatable bonds is 7. The summed E-state index contributed by atoms with van der Waals surface area (Å²) in [7, 11) is 0. The van der Waals surface area contributed by atoms with Crippen molar-refractivity contribution in [3.05, 3.63) is 61.4 Å². The largest absolute Gasteiger partial charge is 0.462 e. The summed E-state index contributed by atoms with van der Waals surface area (Å²) in [6, 6.07) is 3.25. The Morgan fingerprint density at radius 3 is 2.32 bits per heavy atom. The number of benzene rings is 1. The van der Waals surface area contributed by atoms with Crippen molar-refractivity contribution < 1.29 is 28.8 Å². The first-order valence-electron chi connectivity index (χ1n) is 8.17. The maximum absolute atomic E-state index is 12.5. The van der Waals surface area contributed by atoms with E-state index < -0.39 is 29.3 Å². The molecule has 0 spiro atoms. The molecule has 9 nitrogen and oxygen atoms in total. The maximum atomic E-state index is 12.5. The van der Waals surface area contributed by atoms with Gasteiger partial charge in [0, 0.05) is 23.5 Å². The van der Waals surface area contributed by atoms with Gasteiger partial charge in [0.15, 0.2) is 6.61 Å². The van der Waals surface area contributed by atoms with E-state index in [2.05, 4.69) is 4.98 Å². The fraction of sp³-hybridized carbons (Fsp3) is 0.278. The van der Waals surface area contributed by atoms with Gasteiger partial charge in [0.2, 0.25) is 5.78 Å². The fourth-order valence-corrected chi connectivity index (χ4v) is 2.90. The number of Topliss-reactive ketones (excluding diaryl/α,β-unsaturated/α-hetero) is 1. The molecule has 0 fully saturated rings. The summed E-state index contributed by atoms with van der Waals surface area (Å²) < 4.78 is 9.94. The van der Waals surface area contributed by atoms with Crippen molar-refractivity contribution in [2.45, 2.75) is 20.8 Å². The van der Waals surface area contributed by atoms with Gasteiger partial charge in [0.1, 0.15) is 0 Å². The zero-order valence-corrected chi connectivity index (χ0v) is 16.1. The average molecular weight is 409 g/mol. The van der Waals surface area contributed by atoms with Crippen LogP contribution < -0.4 is 0 Å². The van der Waals surface area contributed by atoms with Crippen LogP contribution in [0, 0.1) is 24.0 Å². The number of aromatic amines is 1. The third kappa shape index (κ3) is 4.37. The Bertz CT molecular complexity index is 965. The number of carbonyl (C=O) groups excluding carboxylic acids is 3. The lowest BCUT2D eigenvalue weighted by molar-refractivity contribution is -0.384. The number of hydrogen-bond acceptors (Lipinski definition) is 7. The standard InChI is InChI=1S/C18H17ClN2O7/c1-4-27-18(24)16-10(3)20-9(2)15(16)14(22)8-28-17(23)12-6-5-11(21(25)26)7-13(12)19/h5-7,20H,4,8H2,1-3H3. The van der Waals surface area contributed by atoms with E-state index in [-0.39, 0.29) is 34.0 Å². The SMILES string of the molecule is CCOC(=O)c1c(C)[nH]c(C)c1C(=O)COC(=O)c1ccc([N+](=O)[O-])cc1Cl. The number of H-pyrrole nitrogens is 1. The second kappa shape index (κ2) is 8.66. The minimum absolute atomic E-state index is 0.0820. The van der Waals surface area contributed by atoms with E-state index >= 15 is 0 Å². The van der Waals surface area contributed by atoms with Gasteiger partial charge in [-0.05, 0) is 26.8 Å². The normalized spacial score (nSPS) is 10.4. The van der Waals surface area contributed by atoms with Crippen LogP contribution in [-0.4, -0.2) is 40.8 Å². The lowest BCUT2D eigenvalue weighted by Gasteiger charge is -2.08. The highest BCUT2D eigenvalue weighted by atomic mass is 35.5.